The minimum atomic E-state index is 0.812. The molecule has 0 atom stereocenters. The number of halogens is 1. The summed E-state index contributed by atoms with van der Waals surface area (Å²) in [7, 11) is 5.70. The molecule has 2 heterocycles. The Hall–Kier alpha value is -1.79. The van der Waals surface area contributed by atoms with E-state index in [-0.39, 0.29) is 0 Å². The van der Waals surface area contributed by atoms with Crippen LogP contribution >= 0.6 is 27.3 Å². The molecule has 3 aromatic rings. The number of hydrogen-bond acceptors (Lipinski definition) is 5. The first-order valence-electron chi connectivity index (χ1n) is 7.16. The van der Waals surface area contributed by atoms with Crippen LogP contribution in [0.1, 0.15) is 4.88 Å². The van der Waals surface area contributed by atoms with Gasteiger partial charge in [0.15, 0.2) is 0 Å². The monoisotopic (exact) mass is 391 g/mol. The van der Waals surface area contributed by atoms with Crippen molar-refractivity contribution in [1.29, 1.82) is 0 Å². The Balaban J connectivity index is 2.06. The molecule has 0 saturated carbocycles. The van der Waals surface area contributed by atoms with Gasteiger partial charge in [0.25, 0.3) is 0 Å². The number of methoxy groups -OCH3 is 1. The zero-order valence-corrected chi connectivity index (χ0v) is 15.9. The Bertz CT molecular complexity index is 860. The fraction of sp³-hybridized carbons (Fsp3) is 0.235. The van der Waals surface area contributed by atoms with Gasteiger partial charge >= 0.3 is 0 Å². The number of ether oxygens (including phenoxy) is 1. The number of rotatable bonds is 4. The lowest BCUT2D eigenvalue weighted by molar-refractivity contribution is 0.415. The van der Waals surface area contributed by atoms with Crippen molar-refractivity contribution in [3.8, 4) is 5.75 Å². The molecule has 0 fully saturated rings. The molecule has 0 bridgehead atoms. The predicted octanol–water partition coefficient (Wildman–Crippen LogP) is 5.19. The van der Waals surface area contributed by atoms with E-state index in [9.17, 15) is 0 Å². The number of benzene rings is 1. The highest BCUT2D eigenvalue weighted by Gasteiger charge is 2.10. The van der Waals surface area contributed by atoms with E-state index in [0.29, 0.717) is 0 Å². The Morgan fingerprint density at radius 1 is 1.17 bits per heavy atom. The van der Waals surface area contributed by atoms with Crippen LogP contribution in [0.25, 0.3) is 10.1 Å². The second kappa shape index (κ2) is 6.37. The highest BCUT2D eigenvalue weighted by molar-refractivity contribution is 9.10. The summed E-state index contributed by atoms with van der Waals surface area (Å²) in [6.45, 7) is 2.11. The van der Waals surface area contributed by atoms with E-state index in [1.807, 2.05) is 31.1 Å². The van der Waals surface area contributed by atoms with Gasteiger partial charge < -0.3 is 15.0 Å². The molecule has 6 heteroatoms. The van der Waals surface area contributed by atoms with Gasteiger partial charge in [-0.1, -0.05) is 0 Å². The summed E-state index contributed by atoms with van der Waals surface area (Å²) < 4.78 is 7.44. The summed E-state index contributed by atoms with van der Waals surface area (Å²) in [4.78, 5) is 7.91. The van der Waals surface area contributed by atoms with E-state index in [4.69, 9.17) is 4.74 Å². The summed E-state index contributed by atoms with van der Waals surface area (Å²) in [5, 5.41) is 4.56. The van der Waals surface area contributed by atoms with Gasteiger partial charge in [-0.25, -0.2) is 4.98 Å². The molecular formula is C17H18BrN3OS. The number of anilines is 3. The maximum atomic E-state index is 5.40. The van der Waals surface area contributed by atoms with Gasteiger partial charge in [0.2, 0.25) is 0 Å². The van der Waals surface area contributed by atoms with Crippen LogP contribution in [0.3, 0.4) is 0 Å². The van der Waals surface area contributed by atoms with Gasteiger partial charge in [0.05, 0.1) is 7.11 Å². The molecule has 1 aromatic carbocycles. The van der Waals surface area contributed by atoms with Crippen molar-refractivity contribution in [3.05, 3.63) is 39.8 Å². The van der Waals surface area contributed by atoms with Crippen molar-refractivity contribution in [2.45, 2.75) is 6.92 Å². The normalized spacial score (nSPS) is 10.8. The Labute approximate surface area is 148 Å². The zero-order valence-electron chi connectivity index (χ0n) is 13.5. The van der Waals surface area contributed by atoms with Crippen LogP contribution in [0, 0.1) is 6.92 Å². The lowest BCUT2D eigenvalue weighted by Crippen LogP contribution is -2.09. The van der Waals surface area contributed by atoms with Crippen LogP contribution in [0.2, 0.25) is 0 Å². The first kappa shape index (κ1) is 16.1. The third kappa shape index (κ3) is 3.43. The SMILES string of the molecule is COc1cc(Nc2nc(Br)cc3sc(C)cc23)cc(N(C)C)c1. The lowest BCUT2D eigenvalue weighted by atomic mass is 10.2. The van der Waals surface area contributed by atoms with Crippen molar-refractivity contribution >= 4 is 54.5 Å². The Morgan fingerprint density at radius 3 is 2.65 bits per heavy atom. The Morgan fingerprint density at radius 2 is 1.96 bits per heavy atom. The molecule has 2 aromatic heterocycles. The third-order valence-electron chi connectivity index (χ3n) is 3.51. The third-order valence-corrected chi connectivity index (χ3v) is 4.92. The molecule has 23 heavy (non-hydrogen) atoms. The molecule has 120 valence electrons. The summed E-state index contributed by atoms with van der Waals surface area (Å²) in [6.07, 6.45) is 0. The number of nitrogens with one attached hydrogen (secondary N) is 1. The summed E-state index contributed by atoms with van der Waals surface area (Å²) >= 11 is 5.26. The highest BCUT2D eigenvalue weighted by atomic mass is 79.9. The molecule has 3 rings (SSSR count). The van der Waals surface area contributed by atoms with Gasteiger partial charge in [-0.15, -0.1) is 11.3 Å². The standard InChI is InChI=1S/C17H18BrN3OS/c1-10-5-14-15(23-10)9-16(18)20-17(14)19-11-6-12(21(2)3)8-13(7-11)22-4/h5-9H,1-4H3,(H,19,20). The molecule has 0 aliphatic rings. The second-order valence-corrected chi connectivity index (χ2v) is 7.60. The average molecular weight is 392 g/mol. The van der Waals surface area contributed by atoms with Crippen LogP contribution < -0.4 is 15.0 Å². The number of fused-ring (bicyclic) bond motifs is 1. The maximum Gasteiger partial charge on any atom is 0.140 e. The van der Waals surface area contributed by atoms with Crippen LogP contribution in [0.4, 0.5) is 17.2 Å². The number of aromatic nitrogens is 1. The van der Waals surface area contributed by atoms with Crippen molar-refractivity contribution in [2.24, 2.45) is 0 Å². The zero-order chi connectivity index (χ0) is 16.6. The van der Waals surface area contributed by atoms with E-state index < -0.39 is 0 Å². The van der Waals surface area contributed by atoms with Crippen molar-refractivity contribution in [3.63, 3.8) is 0 Å². The quantitative estimate of drug-likeness (QED) is 0.621. The van der Waals surface area contributed by atoms with Gasteiger partial charge in [0.1, 0.15) is 16.2 Å². The number of hydrogen-bond donors (Lipinski definition) is 1. The number of nitrogens with zero attached hydrogens (tertiary/aromatic N) is 2. The van der Waals surface area contributed by atoms with Gasteiger partial charge in [-0.05, 0) is 41.1 Å². The second-order valence-electron chi connectivity index (χ2n) is 5.50. The van der Waals surface area contributed by atoms with E-state index in [1.54, 1.807) is 18.4 Å². The lowest BCUT2D eigenvalue weighted by Gasteiger charge is -2.16. The molecule has 0 aliphatic carbocycles. The number of thiophene rings is 1. The van der Waals surface area contributed by atoms with Crippen LogP contribution in [0.15, 0.2) is 34.9 Å². The molecule has 0 amide bonds. The molecule has 0 unspecified atom stereocenters. The highest BCUT2D eigenvalue weighted by Crippen LogP contribution is 2.35. The topological polar surface area (TPSA) is 37.4 Å². The van der Waals surface area contributed by atoms with Crippen LogP contribution in [-0.4, -0.2) is 26.2 Å². The summed E-state index contributed by atoms with van der Waals surface area (Å²) in [5.74, 6) is 1.66. The number of aryl methyl sites for hydroxylation is 1. The van der Waals surface area contributed by atoms with Crippen LogP contribution in [-0.2, 0) is 0 Å². The average Bonchev–Trinajstić information content (AvgIpc) is 2.87. The maximum absolute atomic E-state index is 5.40. The van der Waals surface area contributed by atoms with Crippen molar-refractivity contribution < 1.29 is 4.74 Å². The fourth-order valence-electron chi connectivity index (χ4n) is 2.40. The molecule has 0 spiro atoms. The Kier molecular flexibility index (Phi) is 4.46. The smallest absolute Gasteiger partial charge is 0.140 e. The molecule has 0 saturated heterocycles. The number of pyridine rings is 1. The molecule has 0 radical (unpaired) electrons. The van der Waals surface area contributed by atoms with Gasteiger partial charge in [-0.2, -0.15) is 0 Å². The molecule has 0 aliphatic heterocycles. The largest absolute Gasteiger partial charge is 0.497 e. The summed E-state index contributed by atoms with van der Waals surface area (Å²) in [5.41, 5.74) is 2.02. The first-order valence-corrected chi connectivity index (χ1v) is 8.77. The van der Waals surface area contributed by atoms with E-state index in [1.165, 1.54) is 9.58 Å². The minimum absolute atomic E-state index is 0.812. The fourth-order valence-corrected chi connectivity index (χ4v) is 3.91. The van der Waals surface area contributed by atoms with Crippen molar-refractivity contribution in [2.75, 3.05) is 31.4 Å². The molecule has 4 nitrogen and oxygen atoms in total. The van der Waals surface area contributed by atoms with Crippen LogP contribution in [0.5, 0.6) is 5.75 Å². The van der Waals surface area contributed by atoms with E-state index in [0.717, 1.165) is 32.9 Å². The van der Waals surface area contributed by atoms with Gasteiger partial charge in [-0.3, -0.25) is 0 Å². The minimum Gasteiger partial charge on any atom is -0.497 e. The van der Waals surface area contributed by atoms with E-state index >= 15 is 0 Å². The predicted molar refractivity (Wildman–Crippen MR) is 103 cm³/mol. The summed E-state index contributed by atoms with van der Waals surface area (Å²) in [6, 6.07) is 10.3. The first-order chi connectivity index (χ1) is 11.0. The molecular weight excluding hydrogens is 374 g/mol. The van der Waals surface area contributed by atoms with E-state index in [2.05, 4.69) is 51.4 Å². The van der Waals surface area contributed by atoms with Crippen molar-refractivity contribution in [1.82, 2.24) is 4.98 Å². The van der Waals surface area contributed by atoms with Gasteiger partial charge in [0, 0.05) is 52.6 Å². The molecule has 1 N–H and O–H groups in total.